The maximum Gasteiger partial charge on any atom is 0.296 e. The predicted molar refractivity (Wildman–Crippen MR) is 56.5 cm³/mol. The van der Waals surface area contributed by atoms with E-state index in [9.17, 15) is 13.6 Å². The molecule has 0 bridgehead atoms. The summed E-state index contributed by atoms with van der Waals surface area (Å²) in [4.78, 5) is 15.4. The molecule has 94 valence electrons. The summed E-state index contributed by atoms with van der Waals surface area (Å²) < 4.78 is 24.5. The number of aromatic nitrogens is 3. The minimum Gasteiger partial charge on any atom is -0.293 e. The van der Waals surface area contributed by atoms with Gasteiger partial charge in [-0.2, -0.15) is 4.98 Å². The monoisotopic (exact) mass is 244 g/mol. The first-order valence-corrected chi connectivity index (χ1v) is 5.43. The minimum atomic E-state index is -2.72. The van der Waals surface area contributed by atoms with Crippen LogP contribution < -0.4 is 5.32 Å². The Labute approximate surface area is 97.0 Å². The van der Waals surface area contributed by atoms with Crippen molar-refractivity contribution in [2.75, 3.05) is 5.32 Å². The number of alkyl halides is 2. The highest BCUT2D eigenvalue weighted by atomic mass is 19.3. The van der Waals surface area contributed by atoms with Gasteiger partial charge in [0.15, 0.2) is 5.82 Å². The van der Waals surface area contributed by atoms with E-state index in [-0.39, 0.29) is 11.9 Å². The molecule has 0 radical (unpaired) electrons. The molecule has 1 saturated carbocycles. The molecule has 2 N–H and O–H groups in total. The van der Waals surface area contributed by atoms with Gasteiger partial charge in [0.05, 0.1) is 0 Å². The molecule has 1 heterocycles. The van der Waals surface area contributed by atoms with Gasteiger partial charge in [-0.1, -0.05) is 13.8 Å². The largest absolute Gasteiger partial charge is 0.296 e. The maximum absolute atomic E-state index is 12.2. The second-order valence-electron chi connectivity index (χ2n) is 4.80. The lowest BCUT2D eigenvalue weighted by Gasteiger charge is -2.21. The Kier molecular flexibility index (Phi) is 2.84. The first-order valence-electron chi connectivity index (χ1n) is 5.43. The number of amides is 1. The number of hydrogen-bond acceptors (Lipinski definition) is 3. The molecule has 1 amide bonds. The average Bonchev–Trinajstić information content (AvgIpc) is 3.00. The van der Waals surface area contributed by atoms with Crippen LogP contribution in [0, 0.1) is 11.3 Å². The van der Waals surface area contributed by atoms with Crippen LogP contribution in [0.2, 0.25) is 0 Å². The second-order valence-corrected chi connectivity index (χ2v) is 4.80. The third kappa shape index (κ3) is 2.42. The molecule has 1 aromatic rings. The lowest BCUT2D eigenvalue weighted by Crippen LogP contribution is -2.33. The van der Waals surface area contributed by atoms with Gasteiger partial charge in [0.25, 0.3) is 6.43 Å². The van der Waals surface area contributed by atoms with Crippen LogP contribution in [0.1, 0.15) is 38.9 Å². The van der Waals surface area contributed by atoms with Gasteiger partial charge in [0.2, 0.25) is 11.9 Å². The topological polar surface area (TPSA) is 70.7 Å². The standard InChI is InChI=1S/C10H14F2N4O/c1-10(2,5-3-4-5)8(17)14-9-13-7(6(11)12)15-16-9/h5-6H,3-4H2,1-2H3,(H2,13,14,15,16,17). The van der Waals surface area contributed by atoms with Crippen molar-refractivity contribution in [1.82, 2.24) is 15.2 Å². The maximum atomic E-state index is 12.2. The molecule has 0 unspecified atom stereocenters. The molecule has 2 rings (SSSR count). The molecule has 7 heteroatoms. The van der Waals surface area contributed by atoms with Gasteiger partial charge in [0.1, 0.15) is 0 Å². The number of halogens is 2. The normalized spacial score (nSPS) is 16.3. The Morgan fingerprint density at radius 3 is 2.65 bits per heavy atom. The van der Waals surface area contributed by atoms with Crippen molar-refractivity contribution in [2.24, 2.45) is 11.3 Å². The van der Waals surface area contributed by atoms with E-state index in [1.165, 1.54) is 0 Å². The number of anilines is 1. The SMILES string of the molecule is CC(C)(C(=O)Nc1n[nH]c(C(F)F)n1)C1CC1. The Hall–Kier alpha value is -1.53. The first kappa shape index (κ1) is 11.9. The number of carbonyl (C=O) groups is 1. The first-order chi connectivity index (χ1) is 7.91. The third-order valence-corrected chi connectivity index (χ3v) is 3.12. The van der Waals surface area contributed by atoms with Crippen molar-refractivity contribution in [1.29, 1.82) is 0 Å². The summed E-state index contributed by atoms with van der Waals surface area (Å²) in [6, 6.07) is 0. The van der Waals surface area contributed by atoms with Crippen LogP contribution in [0.5, 0.6) is 0 Å². The number of nitrogens with zero attached hydrogens (tertiary/aromatic N) is 2. The molecule has 1 aliphatic carbocycles. The quantitative estimate of drug-likeness (QED) is 0.852. The molecule has 0 aliphatic heterocycles. The molecule has 0 spiro atoms. The summed E-state index contributed by atoms with van der Waals surface area (Å²) in [5.74, 6) is -0.514. The predicted octanol–water partition coefficient (Wildman–Crippen LogP) is 2.12. The highest BCUT2D eigenvalue weighted by Gasteiger charge is 2.43. The van der Waals surface area contributed by atoms with Gasteiger partial charge in [-0.05, 0) is 18.8 Å². The van der Waals surface area contributed by atoms with Crippen molar-refractivity contribution in [3.8, 4) is 0 Å². The number of nitrogens with one attached hydrogen (secondary N) is 2. The number of carbonyl (C=O) groups excluding carboxylic acids is 1. The zero-order chi connectivity index (χ0) is 12.6. The van der Waals surface area contributed by atoms with E-state index < -0.39 is 17.7 Å². The van der Waals surface area contributed by atoms with Gasteiger partial charge < -0.3 is 0 Å². The third-order valence-electron chi connectivity index (χ3n) is 3.12. The molecule has 1 aliphatic rings. The van der Waals surface area contributed by atoms with Crippen LogP contribution in [0.25, 0.3) is 0 Å². The molecular weight excluding hydrogens is 230 g/mol. The summed E-state index contributed by atoms with van der Waals surface area (Å²) >= 11 is 0. The van der Waals surface area contributed by atoms with Crippen LogP contribution in [0.3, 0.4) is 0 Å². The molecule has 17 heavy (non-hydrogen) atoms. The number of H-pyrrole nitrogens is 1. The lowest BCUT2D eigenvalue weighted by molar-refractivity contribution is -0.125. The fourth-order valence-electron chi connectivity index (χ4n) is 1.68. The van der Waals surface area contributed by atoms with Gasteiger partial charge in [-0.3, -0.25) is 15.2 Å². The summed E-state index contributed by atoms with van der Waals surface area (Å²) in [7, 11) is 0. The van der Waals surface area contributed by atoms with Crippen LogP contribution in [0.15, 0.2) is 0 Å². The van der Waals surface area contributed by atoms with E-state index in [0.717, 1.165) is 12.8 Å². The minimum absolute atomic E-state index is 0.0981. The van der Waals surface area contributed by atoms with E-state index in [2.05, 4.69) is 20.5 Å². The molecule has 0 saturated heterocycles. The van der Waals surface area contributed by atoms with Crippen molar-refractivity contribution in [3.63, 3.8) is 0 Å². The molecular formula is C10H14F2N4O. The Morgan fingerprint density at radius 2 is 2.18 bits per heavy atom. The average molecular weight is 244 g/mol. The van der Waals surface area contributed by atoms with Crippen LogP contribution in [-0.2, 0) is 4.79 Å². The molecule has 1 aromatic heterocycles. The zero-order valence-corrected chi connectivity index (χ0v) is 9.63. The molecule has 0 atom stereocenters. The fraction of sp³-hybridized carbons (Fsp3) is 0.700. The summed E-state index contributed by atoms with van der Waals surface area (Å²) in [5.41, 5.74) is -0.508. The van der Waals surface area contributed by atoms with Crippen LogP contribution in [0.4, 0.5) is 14.7 Å². The lowest BCUT2D eigenvalue weighted by atomic mass is 9.86. The fourth-order valence-corrected chi connectivity index (χ4v) is 1.68. The van der Waals surface area contributed by atoms with E-state index in [4.69, 9.17) is 0 Å². The highest BCUT2D eigenvalue weighted by Crippen LogP contribution is 2.45. The van der Waals surface area contributed by atoms with Crippen molar-refractivity contribution in [2.45, 2.75) is 33.1 Å². The second kappa shape index (κ2) is 4.05. The molecule has 5 nitrogen and oxygen atoms in total. The van der Waals surface area contributed by atoms with E-state index in [1.54, 1.807) is 0 Å². The zero-order valence-electron chi connectivity index (χ0n) is 9.63. The van der Waals surface area contributed by atoms with Gasteiger partial charge in [-0.15, -0.1) is 5.10 Å². The number of rotatable bonds is 4. The highest BCUT2D eigenvalue weighted by molar-refractivity contribution is 5.93. The summed E-state index contributed by atoms with van der Waals surface area (Å²) in [6.45, 7) is 3.67. The van der Waals surface area contributed by atoms with E-state index >= 15 is 0 Å². The molecule has 0 aromatic carbocycles. The Bertz CT molecular complexity index is 426. The van der Waals surface area contributed by atoms with Crippen molar-refractivity contribution in [3.05, 3.63) is 5.82 Å². The smallest absolute Gasteiger partial charge is 0.293 e. The Morgan fingerprint density at radius 1 is 1.53 bits per heavy atom. The van der Waals surface area contributed by atoms with E-state index in [0.29, 0.717) is 5.92 Å². The van der Waals surface area contributed by atoms with E-state index in [1.807, 2.05) is 13.8 Å². The van der Waals surface area contributed by atoms with Crippen molar-refractivity contribution < 1.29 is 13.6 Å². The summed E-state index contributed by atoms with van der Waals surface area (Å²) in [6.07, 6.45) is -0.669. The van der Waals surface area contributed by atoms with Crippen LogP contribution >= 0.6 is 0 Å². The Balaban J connectivity index is 2.02. The number of aromatic amines is 1. The molecule has 1 fully saturated rings. The van der Waals surface area contributed by atoms with Gasteiger partial charge >= 0.3 is 0 Å². The van der Waals surface area contributed by atoms with Crippen molar-refractivity contribution >= 4 is 11.9 Å². The van der Waals surface area contributed by atoms with Gasteiger partial charge in [0, 0.05) is 5.41 Å². The van der Waals surface area contributed by atoms with Crippen LogP contribution in [-0.4, -0.2) is 21.1 Å². The van der Waals surface area contributed by atoms with Gasteiger partial charge in [-0.25, -0.2) is 8.78 Å². The summed E-state index contributed by atoms with van der Waals surface area (Å²) in [5, 5.41) is 8.06. The number of hydrogen-bond donors (Lipinski definition) is 2.